The summed E-state index contributed by atoms with van der Waals surface area (Å²) in [5.41, 5.74) is -0.0585. The van der Waals surface area contributed by atoms with E-state index in [4.69, 9.17) is 9.84 Å². The second-order valence-corrected chi connectivity index (χ2v) is 4.96. The summed E-state index contributed by atoms with van der Waals surface area (Å²) in [5.74, 6) is -0.982. The van der Waals surface area contributed by atoms with Crippen LogP contribution in [0.25, 0.3) is 0 Å². The van der Waals surface area contributed by atoms with Crippen molar-refractivity contribution in [2.45, 2.75) is 38.7 Å². The highest BCUT2D eigenvalue weighted by atomic mass is 19.1. The Kier molecular flexibility index (Phi) is 3.84. The summed E-state index contributed by atoms with van der Waals surface area (Å²) in [6, 6.07) is 3.77. The fourth-order valence-corrected chi connectivity index (χ4v) is 2.39. The van der Waals surface area contributed by atoms with Crippen LogP contribution in [0.4, 0.5) is 4.39 Å². The van der Waals surface area contributed by atoms with Gasteiger partial charge in [0.05, 0.1) is 11.7 Å². The minimum Gasteiger partial charge on any atom is -0.487 e. The minimum atomic E-state index is -1.13. The van der Waals surface area contributed by atoms with E-state index in [0.29, 0.717) is 5.92 Å². The summed E-state index contributed by atoms with van der Waals surface area (Å²) in [6.45, 7) is 2.17. The second-order valence-electron chi connectivity index (χ2n) is 4.96. The summed E-state index contributed by atoms with van der Waals surface area (Å²) < 4.78 is 19.3. The quantitative estimate of drug-likeness (QED) is 0.895. The number of hydrogen-bond donors (Lipinski definition) is 1. The summed E-state index contributed by atoms with van der Waals surface area (Å²) in [6.07, 6.45) is 4.20. The SMILES string of the molecule is CC1CCCC(Oc2ccc(C(=O)O)cc2F)C1. The first kappa shape index (κ1) is 12.9. The van der Waals surface area contributed by atoms with Crippen molar-refractivity contribution in [1.29, 1.82) is 0 Å². The topological polar surface area (TPSA) is 46.5 Å². The summed E-state index contributed by atoms with van der Waals surface area (Å²) >= 11 is 0. The van der Waals surface area contributed by atoms with Gasteiger partial charge in [-0.25, -0.2) is 9.18 Å². The Hall–Kier alpha value is -1.58. The maximum absolute atomic E-state index is 13.7. The van der Waals surface area contributed by atoms with Gasteiger partial charge >= 0.3 is 5.97 Å². The molecule has 0 bridgehead atoms. The number of carboxylic acids is 1. The number of halogens is 1. The zero-order chi connectivity index (χ0) is 13.1. The zero-order valence-electron chi connectivity index (χ0n) is 10.4. The molecule has 1 N–H and O–H groups in total. The first-order chi connectivity index (χ1) is 8.56. The molecule has 1 aromatic rings. The maximum atomic E-state index is 13.7. The van der Waals surface area contributed by atoms with E-state index in [1.807, 2.05) is 0 Å². The highest BCUT2D eigenvalue weighted by Crippen LogP contribution is 2.28. The van der Waals surface area contributed by atoms with E-state index < -0.39 is 11.8 Å². The minimum absolute atomic E-state index is 0.0407. The molecular formula is C14H17FO3. The van der Waals surface area contributed by atoms with E-state index in [-0.39, 0.29) is 17.4 Å². The van der Waals surface area contributed by atoms with Crippen LogP contribution in [0, 0.1) is 11.7 Å². The largest absolute Gasteiger partial charge is 0.487 e. The highest BCUT2D eigenvalue weighted by Gasteiger charge is 2.21. The van der Waals surface area contributed by atoms with Crippen LogP contribution in [-0.2, 0) is 0 Å². The number of aromatic carboxylic acids is 1. The average Bonchev–Trinajstić information content (AvgIpc) is 2.31. The summed E-state index contributed by atoms with van der Waals surface area (Å²) in [4.78, 5) is 10.7. The lowest BCUT2D eigenvalue weighted by Crippen LogP contribution is -2.24. The number of benzene rings is 1. The van der Waals surface area contributed by atoms with Crippen LogP contribution < -0.4 is 4.74 Å². The predicted molar refractivity (Wildman–Crippen MR) is 65.4 cm³/mol. The van der Waals surface area contributed by atoms with Crippen LogP contribution >= 0.6 is 0 Å². The summed E-state index contributed by atoms with van der Waals surface area (Å²) in [7, 11) is 0. The molecule has 1 fully saturated rings. The first-order valence-corrected chi connectivity index (χ1v) is 6.25. The Morgan fingerprint density at radius 3 is 2.83 bits per heavy atom. The van der Waals surface area contributed by atoms with Gasteiger partial charge in [-0.1, -0.05) is 13.3 Å². The van der Waals surface area contributed by atoms with Gasteiger partial charge in [0.25, 0.3) is 0 Å². The van der Waals surface area contributed by atoms with Crippen LogP contribution in [0.2, 0.25) is 0 Å². The normalized spacial score (nSPS) is 23.7. The molecule has 2 atom stereocenters. The van der Waals surface area contributed by atoms with Gasteiger partial charge in [-0.3, -0.25) is 0 Å². The monoisotopic (exact) mass is 252 g/mol. The van der Waals surface area contributed by atoms with Crippen molar-refractivity contribution in [3.8, 4) is 5.75 Å². The number of carboxylic acid groups (broad SMARTS) is 1. The molecule has 0 spiro atoms. The number of carbonyl (C=O) groups is 1. The highest BCUT2D eigenvalue weighted by molar-refractivity contribution is 5.87. The third-order valence-electron chi connectivity index (χ3n) is 3.36. The van der Waals surface area contributed by atoms with Gasteiger partial charge in [0.1, 0.15) is 0 Å². The Morgan fingerprint density at radius 2 is 2.22 bits per heavy atom. The standard InChI is InChI=1S/C14H17FO3/c1-9-3-2-4-11(7-9)18-13-6-5-10(14(16)17)8-12(13)15/h5-6,8-9,11H,2-4,7H2,1H3,(H,16,17). The molecule has 0 amide bonds. The lowest BCUT2D eigenvalue weighted by Gasteiger charge is -2.27. The Morgan fingerprint density at radius 1 is 1.44 bits per heavy atom. The van der Waals surface area contributed by atoms with Crippen LogP contribution in [-0.4, -0.2) is 17.2 Å². The molecule has 3 nitrogen and oxygen atoms in total. The molecule has 2 unspecified atom stereocenters. The van der Waals surface area contributed by atoms with Gasteiger partial charge in [-0.2, -0.15) is 0 Å². The first-order valence-electron chi connectivity index (χ1n) is 6.25. The lowest BCUT2D eigenvalue weighted by atomic mass is 9.89. The van der Waals surface area contributed by atoms with Crippen LogP contribution in [0.5, 0.6) is 5.75 Å². The van der Waals surface area contributed by atoms with Gasteiger partial charge in [-0.15, -0.1) is 0 Å². The molecule has 4 heteroatoms. The van der Waals surface area contributed by atoms with Crippen molar-refractivity contribution in [3.63, 3.8) is 0 Å². The van der Waals surface area contributed by atoms with E-state index >= 15 is 0 Å². The van der Waals surface area contributed by atoms with Gasteiger partial charge in [0, 0.05) is 0 Å². The fourth-order valence-electron chi connectivity index (χ4n) is 2.39. The molecule has 18 heavy (non-hydrogen) atoms. The third-order valence-corrected chi connectivity index (χ3v) is 3.36. The zero-order valence-corrected chi connectivity index (χ0v) is 10.4. The van der Waals surface area contributed by atoms with Crippen LogP contribution in [0.1, 0.15) is 43.0 Å². The summed E-state index contributed by atoms with van der Waals surface area (Å²) in [5, 5.41) is 8.75. The van der Waals surface area contributed by atoms with Gasteiger partial charge in [0.15, 0.2) is 11.6 Å². The second kappa shape index (κ2) is 5.38. The van der Waals surface area contributed by atoms with E-state index in [0.717, 1.165) is 25.3 Å². The third kappa shape index (κ3) is 3.00. The van der Waals surface area contributed by atoms with Crippen LogP contribution in [0.15, 0.2) is 18.2 Å². The van der Waals surface area contributed by atoms with Gasteiger partial charge < -0.3 is 9.84 Å². The molecule has 0 aromatic heterocycles. The van der Waals surface area contributed by atoms with Crippen LogP contribution in [0.3, 0.4) is 0 Å². The molecule has 1 aliphatic carbocycles. The van der Waals surface area contributed by atoms with Crippen molar-refractivity contribution in [2.75, 3.05) is 0 Å². The molecule has 2 rings (SSSR count). The van der Waals surface area contributed by atoms with Gasteiger partial charge in [-0.05, 0) is 43.4 Å². The van der Waals surface area contributed by atoms with E-state index in [1.54, 1.807) is 0 Å². The van der Waals surface area contributed by atoms with Crippen molar-refractivity contribution >= 4 is 5.97 Å². The molecular weight excluding hydrogens is 235 g/mol. The van der Waals surface area contributed by atoms with E-state index in [1.165, 1.54) is 18.6 Å². The predicted octanol–water partition coefficient (Wildman–Crippen LogP) is 3.48. The molecule has 1 aliphatic rings. The lowest BCUT2D eigenvalue weighted by molar-refractivity contribution is 0.0696. The fraction of sp³-hybridized carbons (Fsp3) is 0.500. The molecule has 0 radical (unpaired) electrons. The Balaban J connectivity index is 2.07. The number of ether oxygens (including phenoxy) is 1. The molecule has 0 saturated heterocycles. The molecule has 98 valence electrons. The van der Waals surface area contributed by atoms with Crippen molar-refractivity contribution in [3.05, 3.63) is 29.6 Å². The van der Waals surface area contributed by atoms with Crippen molar-refractivity contribution in [2.24, 2.45) is 5.92 Å². The number of hydrogen-bond acceptors (Lipinski definition) is 2. The Labute approximate surface area is 106 Å². The maximum Gasteiger partial charge on any atom is 0.335 e. The number of rotatable bonds is 3. The molecule has 0 aliphatic heterocycles. The van der Waals surface area contributed by atoms with Gasteiger partial charge in [0.2, 0.25) is 0 Å². The molecule has 0 heterocycles. The Bertz CT molecular complexity index is 445. The van der Waals surface area contributed by atoms with E-state index in [2.05, 4.69) is 6.92 Å². The molecule has 1 saturated carbocycles. The van der Waals surface area contributed by atoms with E-state index in [9.17, 15) is 9.18 Å². The van der Waals surface area contributed by atoms with Crippen molar-refractivity contribution < 1.29 is 19.0 Å². The smallest absolute Gasteiger partial charge is 0.335 e. The average molecular weight is 252 g/mol. The van der Waals surface area contributed by atoms with Crippen molar-refractivity contribution in [1.82, 2.24) is 0 Å². The molecule has 1 aromatic carbocycles.